The topological polar surface area (TPSA) is 97.9 Å². The van der Waals surface area contributed by atoms with Gasteiger partial charge in [-0.05, 0) is 6.42 Å². The van der Waals surface area contributed by atoms with E-state index in [9.17, 15) is 13.0 Å². The second kappa shape index (κ2) is 16.5. The SMILES string of the molecule is CCCCCCCCCCCCOS(=O)(=O)[O-].O.[Zn]. The smallest absolute Gasteiger partial charge is 0.217 e. The minimum Gasteiger partial charge on any atom is -0.726 e. The van der Waals surface area contributed by atoms with Crippen LogP contribution < -0.4 is 0 Å². The van der Waals surface area contributed by atoms with Gasteiger partial charge in [0.25, 0.3) is 0 Å². The van der Waals surface area contributed by atoms with Crippen LogP contribution in [0.3, 0.4) is 0 Å². The van der Waals surface area contributed by atoms with Crippen LogP contribution in [0, 0.1) is 0 Å². The van der Waals surface area contributed by atoms with Crippen LogP contribution >= 0.6 is 0 Å². The van der Waals surface area contributed by atoms with Crippen LogP contribution in [0.1, 0.15) is 71.1 Å². The van der Waals surface area contributed by atoms with Gasteiger partial charge in [-0.3, -0.25) is 4.18 Å². The average molecular weight is 349 g/mol. The first kappa shape index (κ1) is 24.5. The Bertz CT molecular complexity index is 257. The molecule has 0 unspecified atom stereocenters. The molecule has 0 aliphatic rings. The second-order valence-corrected chi connectivity index (χ2v) is 5.46. The Kier molecular flexibility index (Phi) is 21.3. The molecular formula is C12H27O5SZn-. The Hall–Kier alpha value is 0.453. The van der Waals surface area contributed by atoms with E-state index in [2.05, 4.69) is 11.1 Å². The van der Waals surface area contributed by atoms with Crippen LogP contribution in [0.15, 0.2) is 0 Å². The zero-order valence-corrected chi connectivity index (χ0v) is 15.8. The van der Waals surface area contributed by atoms with Crippen LogP contribution in [0.2, 0.25) is 0 Å². The Balaban J connectivity index is -0.00000128. The maximum absolute atomic E-state index is 10.1. The van der Waals surface area contributed by atoms with Crippen LogP contribution in [-0.2, 0) is 34.1 Å². The van der Waals surface area contributed by atoms with Crippen molar-refractivity contribution in [1.82, 2.24) is 0 Å². The van der Waals surface area contributed by atoms with Gasteiger partial charge in [-0.2, -0.15) is 0 Å². The first-order valence-electron chi connectivity index (χ1n) is 6.66. The van der Waals surface area contributed by atoms with E-state index in [0.29, 0.717) is 6.42 Å². The van der Waals surface area contributed by atoms with Gasteiger partial charge >= 0.3 is 0 Å². The summed E-state index contributed by atoms with van der Waals surface area (Å²) < 4.78 is 34.5. The van der Waals surface area contributed by atoms with Crippen molar-refractivity contribution in [2.45, 2.75) is 71.1 Å². The summed E-state index contributed by atoms with van der Waals surface area (Å²) in [7, 11) is -4.48. The summed E-state index contributed by atoms with van der Waals surface area (Å²) >= 11 is 0. The summed E-state index contributed by atoms with van der Waals surface area (Å²) in [6.07, 6.45) is 11.7. The van der Waals surface area contributed by atoms with Gasteiger partial charge in [0.2, 0.25) is 10.4 Å². The second-order valence-electron chi connectivity index (χ2n) is 4.41. The monoisotopic (exact) mass is 347 g/mol. The molecule has 0 amide bonds. The van der Waals surface area contributed by atoms with E-state index < -0.39 is 10.4 Å². The Morgan fingerprint density at radius 2 is 1.21 bits per heavy atom. The van der Waals surface area contributed by atoms with Gasteiger partial charge in [-0.25, -0.2) is 8.42 Å². The Morgan fingerprint density at radius 3 is 1.58 bits per heavy atom. The molecule has 0 heterocycles. The molecule has 0 aliphatic heterocycles. The summed E-state index contributed by atoms with van der Waals surface area (Å²) in [6, 6.07) is 0. The number of unbranched alkanes of at least 4 members (excludes halogenated alkanes) is 9. The quantitative estimate of drug-likeness (QED) is 0.234. The fourth-order valence-electron chi connectivity index (χ4n) is 1.75. The molecule has 0 radical (unpaired) electrons. The van der Waals surface area contributed by atoms with Gasteiger partial charge in [-0.1, -0.05) is 64.7 Å². The molecule has 114 valence electrons. The van der Waals surface area contributed by atoms with Crippen molar-refractivity contribution in [2.24, 2.45) is 0 Å². The van der Waals surface area contributed by atoms with Crippen molar-refractivity contribution >= 4 is 10.4 Å². The van der Waals surface area contributed by atoms with Crippen molar-refractivity contribution in [2.75, 3.05) is 6.61 Å². The molecule has 0 atom stereocenters. The van der Waals surface area contributed by atoms with Crippen molar-refractivity contribution in [3.8, 4) is 0 Å². The fraction of sp³-hybridized carbons (Fsp3) is 1.00. The Labute approximate surface area is 130 Å². The van der Waals surface area contributed by atoms with E-state index in [1.807, 2.05) is 0 Å². The van der Waals surface area contributed by atoms with Crippen LogP contribution in [0.5, 0.6) is 0 Å². The van der Waals surface area contributed by atoms with Crippen molar-refractivity contribution in [1.29, 1.82) is 0 Å². The largest absolute Gasteiger partial charge is 0.726 e. The third-order valence-electron chi connectivity index (χ3n) is 2.73. The number of rotatable bonds is 12. The molecule has 0 spiro atoms. The van der Waals surface area contributed by atoms with E-state index in [-0.39, 0.29) is 31.6 Å². The molecule has 0 saturated heterocycles. The van der Waals surface area contributed by atoms with Crippen LogP contribution in [-0.4, -0.2) is 25.1 Å². The van der Waals surface area contributed by atoms with Gasteiger partial charge in [-0.15, -0.1) is 0 Å². The van der Waals surface area contributed by atoms with E-state index in [4.69, 9.17) is 0 Å². The molecule has 0 aliphatic carbocycles. The third-order valence-corrected chi connectivity index (χ3v) is 3.18. The van der Waals surface area contributed by atoms with Gasteiger partial charge in [0.15, 0.2) is 0 Å². The zero-order valence-electron chi connectivity index (χ0n) is 12.0. The van der Waals surface area contributed by atoms with E-state index in [1.165, 1.54) is 44.9 Å². The third kappa shape index (κ3) is 23.9. The maximum Gasteiger partial charge on any atom is 0.217 e. The first-order valence-corrected chi connectivity index (χ1v) is 8.00. The van der Waals surface area contributed by atoms with E-state index in [0.717, 1.165) is 12.8 Å². The van der Waals surface area contributed by atoms with Gasteiger partial charge in [0.1, 0.15) is 0 Å². The molecule has 19 heavy (non-hydrogen) atoms. The average Bonchev–Trinajstić information content (AvgIpc) is 2.24. The molecule has 7 heteroatoms. The number of hydrogen-bond acceptors (Lipinski definition) is 4. The van der Waals surface area contributed by atoms with Gasteiger partial charge in [0.05, 0.1) is 6.61 Å². The number of hydrogen-bond donors (Lipinski definition) is 0. The summed E-state index contributed by atoms with van der Waals surface area (Å²) in [4.78, 5) is 0. The molecule has 0 bridgehead atoms. The normalized spacial score (nSPS) is 10.6. The van der Waals surface area contributed by atoms with E-state index in [1.54, 1.807) is 0 Å². The summed E-state index contributed by atoms with van der Waals surface area (Å²) in [5.41, 5.74) is 0. The molecule has 0 rings (SSSR count). The summed E-state index contributed by atoms with van der Waals surface area (Å²) in [6.45, 7) is 2.24. The van der Waals surface area contributed by atoms with Crippen molar-refractivity contribution in [3.05, 3.63) is 0 Å². The predicted octanol–water partition coefficient (Wildman–Crippen LogP) is 2.56. The Morgan fingerprint density at radius 1 is 0.842 bits per heavy atom. The molecule has 0 saturated carbocycles. The molecular weight excluding hydrogens is 322 g/mol. The van der Waals surface area contributed by atoms with Gasteiger partial charge in [0, 0.05) is 19.5 Å². The van der Waals surface area contributed by atoms with Crippen molar-refractivity contribution < 1.29 is 42.1 Å². The standard InChI is InChI=1S/C12H26O4S.H2O.Zn/c1-2-3-4-5-6-7-8-9-10-11-12-16-17(13,14)15;;/h2-12H2,1H3,(H,13,14,15);1H2;/p-1. The molecule has 2 N–H and O–H groups in total. The predicted molar refractivity (Wildman–Crippen MR) is 71.1 cm³/mol. The molecule has 0 fully saturated rings. The molecule has 5 nitrogen and oxygen atoms in total. The van der Waals surface area contributed by atoms with Crippen LogP contribution in [0.4, 0.5) is 0 Å². The summed E-state index contributed by atoms with van der Waals surface area (Å²) in [5.74, 6) is 0. The minimum atomic E-state index is -4.48. The maximum atomic E-state index is 10.1. The molecule has 0 aromatic rings. The van der Waals surface area contributed by atoms with Gasteiger partial charge < -0.3 is 10.0 Å². The van der Waals surface area contributed by atoms with Crippen LogP contribution in [0.25, 0.3) is 0 Å². The van der Waals surface area contributed by atoms with Crippen molar-refractivity contribution in [3.63, 3.8) is 0 Å². The first-order chi connectivity index (χ1) is 8.06. The fourth-order valence-corrected chi connectivity index (χ4v) is 2.07. The summed E-state index contributed by atoms with van der Waals surface area (Å²) in [5, 5.41) is 0. The molecule has 0 aromatic heterocycles. The van der Waals surface area contributed by atoms with E-state index >= 15 is 0 Å². The zero-order chi connectivity index (χ0) is 13.0. The molecule has 0 aromatic carbocycles. The minimum absolute atomic E-state index is 0.